The summed E-state index contributed by atoms with van der Waals surface area (Å²) in [5.41, 5.74) is 1.28. The third kappa shape index (κ3) is 2.11. The van der Waals surface area contributed by atoms with Crippen LogP contribution in [-0.4, -0.2) is 19.8 Å². The van der Waals surface area contributed by atoms with E-state index in [1.807, 2.05) is 18.4 Å². The molecule has 2 N–H and O–H groups in total. The van der Waals surface area contributed by atoms with Crippen molar-refractivity contribution in [3.63, 3.8) is 0 Å². The minimum atomic E-state index is -0.409. The second-order valence-corrected chi connectivity index (χ2v) is 5.21. The van der Waals surface area contributed by atoms with Crippen molar-refractivity contribution in [2.45, 2.75) is 19.9 Å². The Morgan fingerprint density at radius 1 is 1.14 bits per heavy atom. The first-order valence-corrected chi connectivity index (χ1v) is 6.68. The first kappa shape index (κ1) is 13.4. The van der Waals surface area contributed by atoms with Crippen LogP contribution in [0.1, 0.15) is 19.9 Å². The molecule has 108 valence electrons. The lowest BCUT2D eigenvalue weighted by Crippen LogP contribution is -2.03. The van der Waals surface area contributed by atoms with Crippen molar-refractivity contribution >= 4 is 11.0 Å². The van der Waals surface area contributed by atoms with Crippen LogP contribution in [-0.2, 0) is 0 Å². The largest absolute Gasteiger partial charge is 0.508 e. The van der Waals surface area contributed by atoms with E-state index in [4.69, 9.17) is 0 Å². The fourth-order valence-corrected chi connectivity index (χ4v) is 2.50. The number of phenols is 2. The topological polar surface area (TPSA) is 58.3 Å². The number of aromatic nitrogens is 2. The van der Waals surface area contributed by atoms with E-state index in [1.165, 1.54) is 24.3 Å². The van der Waals surface area contributed by atoms with Crippen molar-refractivity contribution in [2.75, 3.05) is 0 Å². The molecule has 2 aromatic carbocycles. The van der Waals surface area contributed by atoms with E-state index < -0.39 is 5.82 Å². The Labute approximate surface area is 121 Å². The van der Waals surface area contributed by atoms with E-state index in [-0.39, 0.29) is 23.1 Å². The maximum atomic E-state index is 14.0. The van der Waals surface area contributed by atoms with Crippen LogP contribution < -0.4 is 0 Å². The van der Waals surface area contributed by atoms with Gasteiger partial charge in [0.2, 0.25) is 0 Å². The summed E-state index contributed by atoms with van der Waals surface area (Å²) in [7, 11) is 0. The average Bonchev–Trinajstić information content (AvgIpc) is 2.82. The number of fused-ring (bicyclic) bond motifs is 1. The number of hydrogen-bond donors (Lipinski definition) is 2. The Bertz CT molecular complexity index is 825. The van der Waals surface area contributed by atoms with Crippen molar-refractivity contribution in [1.29, 1.82) is 0 Å². The maximum absolute atomic E-state index is 14.0. The van der Waals surface area contributed by atoms with Gasteiger partial charge in [-0.05, 0) is 44.2 Å². The third-order valence-electron chi connectivity index (χ3n) is 3.41. The molecule has 0 saturated heterocycles. The molecule has 5 heteroatoms. The summed E-state index contributed by atoms with van der Waals surface area (Å²) in [5.74, 6) is 0.0299. The van der Waals surface area contributed by atoms with Gasteiger partial charge in [0.05, 0.1) is 11.1 Å². The summed E-state index contributed by atoms with van der Waals surface area (Å²) in [5, 5.41) is 19.7. The molecule has 3 rings (SSSR count). The minimum absolute atomic E-state index is 0.00888. The Hall–Kier alpha value is -2.56. The number of hydrogen-bond acceptors (Lipinski definition) is 3. The van der Waals surface area contributed by atoms with E-state index in [1.54, 1.807) is 12.1 Å². The zero-order valence-corrected chi connectivity index (χ0v) is 11.7. The SMILES string of the molecule is CC(C)n1c(-c2cc(O)ccc2O)nc2c(F)cccc21. The smallest absolute Gasteiger partial charge is 0.151 e. The molecule has 4 nitrogen and oxygen atoms in total. The molecule has 0 fully saturated rings. The van der Waals surface area contributed by atoms with Crippen molar-refractivity contribution in [2.24, 2.45) is 0 Å². The monoisotopic (exact) mass is 286 g/mol. The second-order valence-electron chi connectivity index (χ2n) is 5.21. The lowest BCUT2D eigenvalue weighted by atomic mass is 10.1. The molecular formula is C16H15FN2O2. The number of rotatable bonds is 2. The lowest BCUT2D eigenvalue weighted by molar-refractivity contribution is 0.461. The number of benzene rings is 2. The van der Waals surface area contributed by atoms with Gasteiger partial charge in [-0.15, -0.1) is 0 Å². The molecule has 3 aromatic rings. The van der Waals surface area contributed by atoms with Crippen LogP contribution in [0.4, 0.5) is 4.39 Å². The summed E-state index contributed by atoms with van der Waals surface area (Å²) in [6.07, 6.45) is 0. The first-order valence-electron chi connectivity index (χ1n) is 6.68. The van der Waals surface area contributed by atoms with E-state index in [0.717, 1.165) is 0 Å². The highest BCUT2D eigenvalue weighted by Crippen LogP contribution is 2.35. The normalized spacial score (nSPS) is 11.4. The van der Waals surface area contributed by atoms with Gasteiger partial charge in [0.15, 0.2) is 5.82 Å². The number of phenolic OH excluding ortho intramolecular Hbond substituents is 2. The molecule has 0 bridgehead atoms. The van der Waals surface area contributed by atoms with Gasteiger partial charge in [-0.2, -0.15) is 0 Å². The Morgan fingerprint density at radius 2 is 1.90 bits per heavy atom. The van der Waals surface area contributed by atoms with Gasteiger partial charge in [-0.1, -0.05) is 6.07 Å². The van der Waals surface area contributed by atoms with Crippen molar-refractivity contribution in [1.82, 2.24) is 9.55 Å². The summed E-state index contributed by atoms with van der Waals surface area (Å²) >= 11 is 0. The van der Waals surface area contributed by atoms with Crippen LogP contribution in [0.3, 0.4) is 0 Å². The van der Waals surface area contributed by atoms with Crippen LogP contribution in [0.5, 0.6) is 11.5 Å². The number of aromatic hydroxyl groups is 2. The highest BCUT2D eigenvalue weighted by atomic mass is 19.1. The minimum Gasteiger partial charge on any atom is -0.508 e. The molecular weight excluding hydrogens is 271 g/mol. The second kappa shape index (κ2) is 4.77. The Balaban J connectivity index is 2.39. The van der Waals surface area contributed by atoms with Crippen LogP contribution in [0.2, 0.25) is 0 Å². The molecule has 0 aliphatic rings. The van der Waals surface area contributed by atoms with Gasteiger partial charge in [-0.3, -0.25) is 0 Å². The Morgan fingerprint density at radius 3 is 2.62 bits per heavy atom. The van der Waals surface area contributed by atoms with Gasteiger partial charge >= 0.3 is 0 Å². The zero-order valence-electron chi connectivity index (χ0n) is 11.7. The molecule has 0 aliphatic carbocycles. The molecule has 0 radical (unpaired) electrons. The van der Waals surface area contributed by atoms with Crippen molar-refractivity contribution < 1.29 is 14.6 Å². The molecule has 0 spiro atoms. The third-order valence-corrected chi connectivity index (χ3v) is 3.41. The summed E-state index contributed by atoms with van der Waals surface area (Å²) in [6.45, 7) is 3.91. The van der Waals surface area contributed by atoms with Crippen LogP contribution >= 0.6 is 0 Å². The summed E-state index contributed by atoms with van der Waals surface area (Å²) in [6, 6.07) is 9.00. The lowest BCUT2D eigenvalue weighted by Gasteiger charge is -2.14. The molecule has 0 amide bonds. The van der Waals surface area contributed by atoms with E-state index in [2.05, 4.69) is 4.98 Å². The highest BCUT2D eigenvalue weighted by Gasteiger charge is 2.19. The van der Waals surface area contributed by atoms with Gasteiger partial charge in [-0.25, -0.2) is 9.37 Å². The number of halogens is 1. The number of nitrogens with zero attached hydrogens (tertiary/aromatic N) is 2. The number of para-hydroxylation sites is 1. The molecule has 0 saturated carbocycles. The van der Waals surface area contributed by atoms with Gasteiger partial charge in [0.25, 0.3) is 0 Å². The quantitative estimate of drug-likeness (QED) is 0.704. The maximum Gasteiger partial charge on any atom is 0.151 e. The molecule has 1 heterocycles. The molecule has 0 aliphatic heterocycles. The van der Waals surface area contributed by atoms with Crippen LogP contribution in [0.15, 0.2) is 36.4 Å². The van der Waals surface area contributed by atoms with Crippen molar-refractivity contribution in [3.8, 4) is 22.9 Å². The van der Waals surface area contributed by atoms with E-state index >= 15 is 0 Å². The summed E-state index contributed by atoms with van der Waals surface area (Å²) in [4.78, 5) is 4.32. The van der Waals surface area contributed by atoms with Crippen LogP contribution in [0, 0.1) is 5.82 Å². The fourth-order valence-electron chi connectivity index (χ4n) is 2.50. The standard InChI is InChI=1S/C16H15FN2O2/c1-9(2)19-13-5-3-4-12(17)15(13)18-16(19)11-8-10(20)6-7-14(11)21/h3-9,20-21H,1-2H3. The van der Waals surface area contributed by atoms with E-state index in [9.17, 15) is 14.6 Å². The molecule has 0 atom stereocenters. The highest BCUT2D eigenvalue weighted by molar-refractivity contribution is 5.83. The zero-order chi connectivity index (χ0) is 15.1. The number of imidazole rings is 1. The molecule has 0 unspecified atom stereocenters. The fraction of sp³-hybridized carbons (Fsp3) is 0.188. The Kier molecular flexibility index (Phi) is 3.05. The van der Waals surface area contributed by atoms with Gasteiger partial charge in [0.1, 0.15) is 22.8 Å². The van der Waals surface area contributed by atoms with Crippen molar-refractivity contribution in [3.05, 3.63) is 42.2 Å². The predicted octanol–water partition coefficient (Wildman–Crippen LogP) is 3.83. The van der Waals surface area contributed by atoms with Gasteiger partial charge < -0.3 is 14.8 Å². The first-order chi connectivity index (χ1) is 9.99. The van der Waals surface area contributed by atoms with Crippen LogP contribution in [0.25, 0.3) is 22.4 Å². The average molecular weight is 286 g/mol. The summed E-state index contributed by atoms with van der Waals surface area (Å²) < 4.78 is 15.8. The van der Waals surface area contributed by atoms with Gasteiger partial charge in [0, 0.05) is 6.04 Å². The van der Waals surface area contributed by atoms with E-state index in [0.29, 0.717) is 16.9 Å². The molecule has 21 heavy (non-hydrogen) atoms. The molecule has 1 aromatic heterocycles. The predicted molar refractivity (Wildman–Crippen MR) is 78.8 cm³/mol.